The number of hydrogen-bond acceptors (Lipinski definition) is 4. The number of nitrogens with one attached hydrogen (secondary N) is 1. The second-order valence-electron chi connectivity index (χ2n) is 5.32. The Morgan fingerprint density at radius 2 is 2.21 bits per heavy atom. The van der Waals surface area contributed by atoms with Gasteiger partial charge in [-0.3, -0.25) is 4.79 Å². The van der Waals surface area contributed by atoms with E-state index in [4.69, 9.17) is 4.74 Å². The van der Waals surface area contributed by atoms with Crippen molar-refractivity contribution in [1.29, 1.82) is 0 Å². The van der Waals surface area contributed by atoms with Gasteiger partial charge in [0.25, 0.3) is 5.91 Å². The maximum Gasteiger partial charge on any atom is 0.255 e. The van der Waals surface area contributed by atoms with Crippen molar-refractivity contribution in [2.75, 3.05) is 11.9 Å². The number of hydrogen-bond donors (Lipinski definition) is 1. The molecule has 3 aromatic rings. The number of rotatable bonds is 6. The third kappa shape index (κ3) is 3.81. The molecule has 0 aliphatic rings. The molecule has 0 unspecified atom stereocenters. The van der Waals surface area contributed by atoms with E-state index in [0.717, 1.165) is 27.4 Å². The first-order valence-corrected chi connectivity index (χ1v) is 8.49. The Hall–Kier alpha value is -2.66. The minimum atomic E-state index is -0.147. The molecule has 0 saturated heterocycles. The lowest BCUT2D eigenvalue weighted by Crippen LogP contribution is -2.11. The molecule has 1 heterocycles. The first-order chi connectivity index (χ1) is 11.7. The summed E-state index contributed by atoms with van der Waals surface area (Å²) in [6.45, 7) is 6.20. The van der Waals surface area contributed by atoms with Gasteiger partial charge in [0.2, 0.25) is 0 Å². The molecule has 0 aliphatic heterocycles. The average molecular weight is 338 g/mol. The molecule has 5 heteroatoms. The number of anilines is 1. The number of fused-ring (bicyclic) bond motifs is 1. The second kappa shape index (κ2) is 7.27. The van der Waals surface area contributed by atoms with Gasteiger partial charge >= 0.3 is 0 Å². The Labute approximate surface area is 144 Å². The lowest BCUT2D eigenvalue weighted by molar-refractivity contribution is 0.102. The van der Waals surface area contributed by atoms with Crippen molar-refractivity contribution in [3.8, 4) is 5.75 Å². The van der Waals surface area contributed by atoms with Crippen molar-refractivity contribution in [2.45, 2.75) is 13.3 Å². The predicted octanol–water partition coefficient (Wildman–Crippen LogP) is 4.81. The van der Waals surface area contributed by atoms with Gasteiger partial charge in [0.1, 0.15) is 5.75 Å². The van der Waals surface area contributed by atoms with Crippen molar-refractivity contribution in [3.63, 3.8) is 0 Å². The summed E-state index contributed by atoms with van der Waals surface area (Å²) in [5.41, 5.74) is 2.24. The number of thiazole rings is 1. The molecule has 1 amide bonds. The predicted molar refractivity (Wildman–Crippen MR) is 99.1 cm³/mol. The number of benzene rings is 2. The van der Waals surface area contributed by atoms with Crippen LogP contribution in [0.4, 0.5) is 5.69 Å². The van der Waals surface area contributed by atoms with E-state index in [1.807, 2.05) is 49.4 Å². The summed E-state index contributed by atoms with van der Waals surface area (Å²) in [6, 6.07) is 12.9. The van der Waals surface area contributed by atoms with E-state index in [-0.39, 0.29) is 5.91 Å². The molecule has 0 bridgehead atoms. The fourth-order valence-corrected chi connectivity index (χ4v) is 3.17. The first-order valence-electron chi connectivity index (χ1n) is 7.68. The minimum absolute atomic E-state index is 0.147. The third-order valence-corrected chi connectivity index (χ3v) is 4.37. The van der Waals surface area contributed by atoms with Crippen LogP contribution in [0.5, 0.6) is 5.75 Å². The highest BCUT2D eigenvalue weighted by atomic mass is 32.1. The number of ether oxygens (including phenoxy) is 1. The first kappa shape index (κ1) is 16.2. The molecule has 0 saturated carbocycles. The molecule has 1 N–H and O–H groups in total. The molecule has 4 nitrogen and oxygen atoms in total. The molecule has 0 aliphatic carbocycles. The van der Waals surface area contributed by atoms with Crippen LogP contribution in [0.3, 0.4) is 0 Å². The maximum absolute atomic E-state index is 12.5. The van der Waals surface area contributed by atoms with Gasteiger partial charge in [-0.2, -0.15) is 0 Å². The van der Waals surface area contributed by atoms with Gasteiger partial charge in [0, 0.05) is 17.3 Å². The smallest absolute Gasteiger partial charge is 0.255 e. The summed E-state index contributed by atoms with van der Waals surface area (Å²) in [6.07, 6.45) is 2.59. The molecule has 24 heavy (non-hydrogen) atoms. The van der Waals surface area contributed by atoms with Crippen LogP contribution in [0, 0.1) is 6.92 Å². The number of amides is 1. The number of carbonyl (C=O) groups is 1. The quantitative estimate of drug-likeness (QED) is 0.518. The van der Waals surface area contributed by atoms with E-state index in [1.54, 1.807) is 17.4 Å². The van der Waals surface area contributed by atoms with Crippen LogP contribution < -0.4 is 10.1 Å². The van der Waals surface area contributed by atoms with Gasteiger partial charge in [-0.15, -0.1) is 17.9 Å². The van der Waals surface area contributed by atoms with Gasteiger partial charge in [0.05, 0.1) is 21.8 Å². The molecular weight excluding hydrogens is 320 g/mol. The summed E-state index contributed by atoms with van der Waals surface area (Å²) in [4.78, 5) is 16.9. The van der Waals surface area contributed by atoms with E-state index in [9.17, 15) is 4.79 Å². The van der Waals surface area contributed by atoms with Crippen LogP contribution in [0.2, 0.25) is 0 Å². The number of carbonyl (C=O) groups excluding carboxylic acids is 1. The lowest BCUT2D eigenvalue weighted by Gasteiger charge is -2.08. The highest BCUT2D eigenvalue weighted by Gasteiger charge is 2.09. The fourth-order valence-electron chi connectivity index (χ4n) is 2.31. The Kier molecular flexibility index (Phi) is 4.91. The largest absolute Gasteiger partial charge is 0.493 e. The van der Waals surface area contributed by atoms with Gasteiger partial charge < -0.3 is 10.1 Å². The average Bonchev–Trinajstić information content (AvgIpc) is 2.94. The van der Waals surface area contributed by atoms with Gasteiger partial charge in [0.15, 0.2) is 0 Å². The van der Waals surface area contributed by atoms with Crippen molar-refractivity contribution in [3.05, 3.63) is 65.7 Å². The zero-order valence-electron chi connectivity index (χ0n) is 13.4. The van der Waals surface area contributed by atoms with Gasteiger partial charge in [-0.05, 0) is 43.7 Å². The maximum atomic E-state index is 12.5. The summed E-state index contributed by atoms with van der Waals surface area (Å²) >= 11 is 1.58. The molecule has 1 aromatic heterocycles. The van der Waals surface area contributed by atoms with E-state index in [0.29, 0.717) is 17.9 Å². The molecule has 0 radical (unpaired) electrons. The molecule has 3 rings (SSSR count). The van der Waals surface area contributed by atoms with Gasteiger partial charge in [-0.25, -0.2) is 4.98 Å². The Morgan fingerprint density at radius 3 is 3.04 bits per heavy atom. The van der Waals surface area contributed by atoms with Crippen LogP contribution in [-0.2, 0) is 0 Å². The molecule has 0 atom stereocenters. The van der Waals surface area contributed by atoms with Gasteiger partial charge in [-0.1, -0.05) is 12.1 Å². The molecule has 0 fully saturated rings. The number of aryl methyl sites for hydroxylation is 1. The van der Waals surface area contributed by atoms with Crippen LogP contribution in [0.25, 0.3) is 10.2 Å². The summed E-state index contributed by atoms with van der Waals surface area (Å²) in [5, 5.41) is 3.90. The number of aromatic nitrogens is 1. The zero-order chi connectivity index (χ0) is 16.9. The standard InChI is InChI=1S/C19H18N2O2S/c1-3-4-10-23-16-7-5-6-15(12-16)21-19(22)14-8-9-17-18(11-14)24-13(2)20-17/h3,5-9,11-12H,1,4,10H2,2H3,(H,21,22). The number of nitrogens with zero attached hydrogens (tertiary/aromatic N) is 1. The SMILES string of the molecule is C=CCCOc1cccc(NC(=O)c2ccc3nc(C)sc3c2)c1. The third-order valence-electron chi connectivity index (χ3n) is 3.44. The summed E-state index contributed by atoms with van der Waals surface area (Å²) < 4.78 is 6.62. The summed E-state index contributed by atoms with van der Waals surface area (Å²) in [5.74, 6) is 0.578. The molecule has 122 valence electrons. The summed E-state index contributed by atoms with van der Waals surface area (Å²) in [7, 11) is 0. The normalized spacial score (nSPS) is 10.5. The van der Waals surface area contributed by atoms with Crippen molar-refractivity contribution < 1.29 is 9.53 Å². The Morgan fingerprint density at radius 1 is 1.33 bits per heavy atom. The Bertz CT molecular complexity index is 886. The van der Waals surface area contributed by atoms with E-state index >= 15 is 0 Å². The van der Waals surface area contributed by atoms with Crippen molar-refractivity contribution in [2.24, 2.45) is 0 Å². The zero-order valence-corrected chi connectivity index (χ0v) is 14.2. The van der Waals surface area contributed by atoms with E-state index in [1.165, 1.54) is 0 Å². The van der Waals surface area contributed by atoms with Crippen molar-refractivity contribution >= 4 is 33.1 Å². The highest BCUT2D eigenvalue weighted by Crippen LogP contribution is 2.23. The molecular formula is C19H18N2O2S. The Balaban J connectivity index is 1.73. The minimum Gasteiger partial charge on any atom is -0.493 e. The fraction of sp³-hybridized carbons (Fsp3) is 0.158. The topological polar surface area (TPSA) is 51.2 Å². The van der Waals surface area contributed by atoms with Crippen LogP contribution >= 0.6 is 11.3 Å². The van der Waals surface area contributed by atoms with Crippen LogP contribution in [0.1, 0.15) is 21.8 Å². The van der Waals surface area contributed by atoms with E-state index < -0.39 is 0 Å². The van der Waals surface area contributed by atoms with Crippen LogP contribution in [-0.4, -0.2) is 17.5 Å². The van der Waals surface area contributed by atoms with Crippen LogP contribution in [0.15, 0.2) is 55.1 Å². The highest BCUT2D eigenvalue weighted by molar-refractivity contribution is 7.18. The van der Waals surface area contributed by atoms with E-state index in [2.05, 4.69) is 16.9 Å². The second-order valence-corrected chi connectivity index (χ2v) is 6.56. The lowest BCUT2D eigenvalue weighted by atomic mass is 10.2. The molecule has 0 spiro atoms. The van der Waals surface area contributed by atoms with Crippen molar-refractivity contribution in [1.82, 2.24) is 4.98 Å². The monoisotopic (exact) mass is 338 g/mol. The molecule has 2 aromatic carbocycles.